The van der Waals surface area contributed by atoms with Gasteiger partial charge in [0.2, 0.25) is 0 Å². The van der Waals surface area contributed by atoms with Crippen molar-refractivity contribution in [3.8, 4) is 0 Å². The molecule has 1 aliphatic heterocycles. The molecular formula is C8H16N2O2. The summed E-state index contributed by atoms with van der Waals surface area (Å²) in [6.45, 7) is 3.55. The third-order valence-electron chi connectivity index (χ3n) is 2.27. The van der Waals surface area contributed by atoms with Gasteiger partial charge in [0.25, 0.3) is 0 Å². The van der Waals surface area contributed by atoms with Crippen LogP contribution in [0.3, 0.4) is 0 Å². The predicted octanol–water partition coefficient (Wildman–Crippen LogP) is 0.470. The third-order valence-corrected chi connectivity index (χ3v) is 2.27. The van der Waals surface area contributed by atoms with Crippen LogP contribution >= 0.6 is 0 Å². The molecule has 70 valence electrons. The van der Waals surface area contributed by atoms with Crippen LogP contribution < -0.4 is 11.1 Å². The average molecular weight is 172 g/mol. The van der Waals surface area contributed by atoms with Crippen LogP contribution in [0.1, 0.15) is 19.8 Å². The third kappa shape index (κ3) is 2.70. The minimum absolute atomic E-state index is 0.128. The van der Waals surface area contributed by atoms with Crippen LogP contribution in [-0.4, -0.2) is 25.3 Å². The summed E-state index contributed by atoms with van der Waals surface area (Å²) < 4.78 is 5.29. The molecule has 4 heteroatoms. The number of hydrogen-bond acceptors (Lipinski definition) is 2. The van der Waals surface area contributed by atoms with Gasteiger partial charge in [-0.2, -0.15) is 0 Å². The average Bonchev–Trinajstić information content (AvgIpc) is 2.05. The second-order valence-electron chi connectivity index (χ2n) is 3.27. The lowest BCUT2D eigenvalue weighted by Crippen LogP contribution is -2.43. The number of amides is 2. The van der Waals surface area contributed by atoms with Crippen LogP contribution in [0, 0.1) is 5.92 Å². The minimum atomic E-state index is -0.451. The molecule has 1 saturated heterocycles. The van der Waals surface area contributed by atoms with Gasteiger partial charge in [-0.15, -0.1) is 0 Å². The fourth-order valence-electron chi connectivity index (χ4n) is 1.50. The first-order valence-electron chi connectivity index (χ1n) is 4.34. The zero-order valence-corrected chi connectivity index (χ0v) is 7.38. The van der Waals surface area contributed by atoms with Crippen LogP contribution in [0.4, 0.5) is 4.79 Å². The smallest absolute Gasteiger partial charge is 0.312 e. The molecule has 0 bridgehead atoms. The van der Waals surface area contributed by atoms with Gasteiger partial charge in [0, 0.05) is 18.6 Å². The van der Waals surface area contributed by atoms with Gasteiger partial charge >= 0.3 is 6.03 Å². The lowest BCUT2D eigenvalue weighted by molar-refractivity contribution is 0.0437. The zero-order valence-electron chi connectivity index (χ0n) is 7.38. The van der Waals surface area contributed by atoms with Gasteiger partial charge in [-0.25, -0.2) is 4.79 Å². The Labute approximate surface area is 72.5 Å². The zero-order chi connectivity index (χ0) is 8.97. The van der Waals surface area contributed by atoms with Crippen LogP contribution in [0.15, 0.2) is 0 Å². The fraction of sp³-hybridized carbons (Fsp3) is 0.875. The van der Waals surface area contributed by atoms with Gasteiger partial charge in [-0.05, 0) is 19.8 Å². The molecule has 4 nitrogen and oxygen atoms in total. The molecule has 3 N–H and O–H groups in total. The molecule has 0 aromatic carbocycles. The standard InChI is InChI=1S/C8H16N2O2/c1-6(10-8(9)11)7-3-2-4-12-5-7/h6-7H,2-5H2,1H3,(H3,9,10,11). The molecule has 1 aliphatic rings. The van der Waals surface area contributed by atoms with E-state index < -0.39 is 6.03 Å². The molecule has 0 aliphatic carbocycles. The highest BCUT2D eigenvalue weighted by Gasteiger charge is 2.20. The molecule has 0 aromatic heterocycles. The second-order valence-corrected chi connectivity index (χ2v) is 3.27. The number of urea groups is 1. The molecule has 1 fully saturated rings. The van der Waals surface area contributed by atoms with E-state index in [1.807, 2.05) is 6.92 Å². The summed E-state index contributed by atoms with van der Waals surface area (Å²) in [6.07, 6.45) is 2.19. The van der Waals surface area contributed by atoms with Crippen molar-refractivity contribution in [3.63, 3.8) is 0 Å². The van der Waals surface area contributed by atoms with E-state index in [4.69, 9.17) is 10.5 Å². The largest absolute Gasteiger partial charge is 0.381 e. The highest BCUT2D eigenvalue weighted by atomic mass is 16.5. The summed E-state index contributed by atoms with van der Waals surface area (Å²) in [7, 11) is 0. The van der Waals surface area contributed by atoms with E-state index in [2.05, 4.69) is 5.32 Å². The summed E-state index contributed by atoms with van der Waals surface area (Å²) >= 11 is 0. The number of nitrogens with one attached hydrogen (secondary N) is 1. The van der Waals surface area contributed by atoms with E-state index in [1.165, 1.54) is 0 Å². The van der Waals surface area contributed by atoms with E-state index in [1.54, 1.807) is 0 Å². The van der Waals surface area contributed by atoms with E-state index in [-0.39, 0.29) is 6.04 Å². The number of primary amides is 1. The molecule has 2 amide bonds. The van der Waals surface area contributed by atoms with Crippen LogP contribution in [0.2, 0.25) is 0 Å². The van der Waals surface area contributed by atoms with Gasteiger partial charge in [0.15, 0.2) is 0 Å². The maximum atomic E-state index is 10.5. The van der Waals surface area contributed by atoms with Crippen molar-refractivity contribution in [1.82, 2.24) is 5.32 Å². The van der Waals surface area contributed by atoms with E-state index >= 15 is 0 Å². The van der Waals surface area contributed by atoms with Crippen molar-refractivity contribution < 1.29 is 9.53 Å². The molecule has 2 unspecified atom stereocenters. The van der Waals surface area contributed by atoms with E-state index in [9.17, 15) is 4.79 Å². The first-order valence-corrected chi connectivity index (χ1v) is 4.34. The number of hydrogen-bond donors (Lipinski definition) is 2. The monoisotopic (exact) mass is 172 g/mol. The normalized spacial score (nSPS) is 26.2. The Kier molecular flexibility index (Phi) is 3.34. The van der Waals surface area contributed by atoms with Crippen LogP contribution in [0.25, 0.3) is 0 Å². The van der Waals surface area contributed by atoms with E-state index in [0.29, 0.717) is 5.92 Å². The van der Waals surface area contributed by atoms with Gasteiger partial charge in [-0.3, -0.25) is 0 Å². The summed E-state index contributed by atoms with van der Waals surface area (Å²) in [5.41, 5.74) is 5.01. The van der Waals surface area contributed by atoms with Gasteiger partial charge in [-0.1, -0.05) is 0 Å². The van der Waals surface area contributed by atoms with Crippen molar-refractivity contribution in [2.24, 2.45) is 11.7 Å². The van der Waals surface area contributed by atoms with Crippen molar-refractivity contribution >= 4 is 6.03 Å². The number of nitrogens with two attached hydrogens (primary N) is 1. The maximum absolute atomic E-state index is 10.5. The SMILES string of the molecule is CC(NC(N)=O)C1CCCOC1. The molecule has 0 aromatic rings. The van der Waals surface area contributed by atoms with Gasteiger partial charge in [0.05, 0.1) is 6.61 Å². The highest BCUT2D eigenvalue weighted by Crippen LogP contribution is 2.16. The fourth-order valence-corrected chi connectivity index (χ4v) is 1.50. The number of carbonyl (C=O) groups excluding carboxylic acids is 1. The topological polar surface area (TPSA) is 64.3 Å². The second kappa shape index (κ2) is 4.30. The number of carbonyl (C=O) groups is 1. The maximum Gasteiger partial charge on any atom is 0.312 e. The summed E-state index contributed by atoms with van der Waals surface area (Å²) in [5, 5.41) is 2.67. The van der Waals surface area contributed by atoms with Gasteiger partial charge < -0.3 is 15.8 Å². The van der Waals surface area contributed by atoms with Gasteiger partial charge in [0.1, 0.15) is 0 Å². The Bertz CT molecular complexity index is 155. The number of ether oxygens (including phenoxy) is 1. The Morgan fingerprint density at radius 1 is 1.75 bits per heavy atom. The molecule has 2 atom stereocenters. The van der Waals surface area contributed by atoms with Crippen LogP contribution in [0.5, 0.6) is 0 Å². The van der Waals surface area contributed by atoms with Crippen molar-refractivity contribution in [1.29, 1.82) is 0 Å². The number of rotatable bonds is 2. The molecule has 1 heterocycles. The Balaban J connectivity index is 2.29. The van der Waals surface area contributed by atoms with Crippen molar-refractivity contribution in [3.05, 3.63) is 0 Å². The summed E-state index contributed by atoms with van der Waals surface area (Å²) in [4.78, 5) is 10.5. The summed E-state index contributed by atoms with van der Waals surface area (Å²) in [6, 6.07) is -0.323. The lowest BCUT2D eigenvalue weighted by atomic mass is 9.95. The highest BCUT2D eigenvalue weighted by molar-refractivity contribution is 5.71. The summed E-state index contributed by atoms with van der Waals surface area (Å²) in [5.74, 6) is 0.422. The quantitative estimate of drug-likeness (QED) is 0.636. The van der Waals surface area contributed by atoms with Crippen molar-refractivity contribution in [2.45, 2.75) is 25.8 Å². The Hall–Kier alpha value is -0.770. The predicted molar refractivity (Wildman–Crippen MR) is 45.7 cm³/mol. The molecular weight excluding hydrogens is 156 g/mol. The van der Waals surface area contributed by atoms with Crippen LogP contribution in [-0.2, 0) is 4.74 Å². The lowest BCUT2D eigenvalue weighted by Gasteiger charge is -2.27. The molecule has 12 heavy (non-hydrogen) atoms. The molecule has 1 rings (SSSR count). The Morgan fingerprint density at radius 2 is 2.50 bits per heavy atom. The first kappa shape index (κ1) is 9.32. The Morgan fingerprint density at radius 3 is 3.00 bits per heavy atom. The van der Waals surface area contributed by atoms with E-state index in [0.717, 1.165) is 26.1 Å². The molecule has 0 saturated carbocycles. The molecule has 0 radical (unpaired) electrons. The molecule has 0 spiro atoms. The minimum Gasteiger partial charge on any atom is -0.381 e. The first-order chi connectivity index (χ1) is 5.70. The van der Waals surface area contributed by atoms with Crippen molar-refractivity contribution in [2.75, 3.05) is 13.2 Å².